The molecule has 7 heteroatoms. The number of benzene rings is 2. The Morgan fingerprint density at radius 1 is 1.09 bits per heavy atom. The lowest BCUT2D eigenvalue weighted by molar-refractivity contribution is -0.0498. The Morgan fingerprint density at radius 2 is 1.78 bits per heavy atom. The molecule has 0 atom stereocenters. The third-order valence-electron chi connectivity index (χ3n) is 3.05. The zero-order valence-corrected chi connectivity index (χ0v) is 11.9. The average Bonchev–Trinajstić information content (AvgIpc) is 2.51. The van der Waals surface area contributed by atoms with Gasteiger partial charge in [-0.05, 0) is 42.3 Å². The fourth-order valence-corrected chi connectivity index (χ4v) is 1.94. The van der Waals surface area contributed by atoms with Gasteiger partial charge in [0.2, 0.25) is 0 Å². The largest absolute Gasteiger partial charge is 0.435 e. The van der Waals surface area contributed by atoms with E-state index in [0.717, 1.165) is 6.07 Å². The highest BCUT2D eigenvalue weighted by Crippen LogP contribution is 2.15. The Balaban J connectivity index is 1.88. The molecule has 0 fully saturated rings. The van der Waals surface area contributed by atoms with Gasteiger partial charge in [0.25, 0.3) is 5.91 Å². The van der Waals surface area contributed by atoms with Crippen molar-refractivity contribution >= 4 is 5.91 Å². The fraction of sp³-hybridized carbons (Fsp3) is 0.188. The second-order valence-electron chi connectivity index (χ2n) is 4.62. The molecular weight excluding hydrogens is 314 g/mol. The van der Waals surface area contributed by atoms with E-state index in [1.807, 2.05) is 0 Å². The number of amides is 1. The Hall–Kier alpha value is -2.57. The van der Waals surface area contributed by atoms with E-state index < -0.39 is 24.2 Å². The summed E-state index contributed by atoms with van der Waals surface area (Å²) in [5.74, 6) is -2.39. The van der Waals surface area contributed by atoms with Crippen LogP contribution in [0.15, 0.2) is 42.5 Å². The smallest absolute Gasteiger partial charge is 0.387 e. The molecule has 0 saturated heterocycles. The molecule has 2 rings (SSSR count). The van der Waals surface area contributed by atoms with Gasteiger partial charge in [-0.25, -0.2) is 8.78 Å². The fourth-order valence-electron chi connectivity index (χ4n) is 1.94. The van der Waals surface area contributed by atoms with Gasteiger partial charge in [0.1, 0.15) is 5.75 Å². The molecule has 23 heavy (non-hydrogen) atoms. The van der Waals surface area contributed by atoms with Gasteiger partial charge in [0.05, 0.1) is 0 Å². The molecule has 0 aliphatic carbocycles. The molecule has 0 radical (unpaired) electrons. The van der Waals surface area contributed by atoms with Gasteiger partial charge in [-0.3, -0.25) is 4.79 Å². The Labute approximate surface area is 129 Å². The van der Waals surface area contributed by atoms with Crippen LogP contribution in [0.1, 0.15) is 15.9 Å². The van der Waals surface area contributed by atoms with Gasteiger partial charge >= 0.3 is 6.61 Å². The molecule has 0 spiro atoms. The number of hydrogen-bond donors (Lipinski definition) is 1. The topological polar surface area (TPSA) is 38.3 Å². The predicted octanol–water partition coefficient (Wildman–Crippen LogP) is 3.54. The molecule has 0 aromatic heterocycles. The van der Waals surface area contributed by atoms with Crippen LogP contribution in [0.2, 0.25) is 0 Å². The molecule has 0 aliphatic heterocycles. The summed E-state index contributed by atoms with van der Waals surface area (Å²) >= 11 is 0. The summed E-state index contributed by atoms with van der Waals surface area (Å²) < 4.78 is 54.7. The van der Waals surface area contributed by atoms with Crippen LogP contribution in [0.3, 0.4) is 0 Å². The summed E-state index contributed by atoms with van der Waals surface area (Å²) in [4.78, 5) is 11.9. The van der Waals surface area contributed by atoms with Crippen LogP contribution in [-0.2, 0) is 6.42 Å². The summed E-state index contributed by atoms with van der Waals surface area (Å²) in [5, 5.41) is 2.54. The standard InChI is InChI=1S/C16H13F4NO2/c17-13-3-1-2-10(14(13)18)8-9-21-15(22)11-4-6-12(7-5-11)23-16(19)20/h1-7,16H,8-9H2,(H,21,22). The van der Waals surface area contributed by atoms with Crippen LogP contribution in [0, 0.1) is 11.6 Å². The first kappa shape index (κ1) is 16.8. The number of halogens is 4. The van der Waals surface area contributed by atoms with E-state index in [2.05, 4.69) is 10.1 Å². The normalized spacial score (nSPS) is 10.7. The van der Waals surface area contributed by atoms with Crippen molar-refractivity contribution in [3.05, 3.63) is 65.2 Å². The van der Waals surface area contributed by atoms with E-state index in [9.17, 15) is 22.4 Å². The minimum absolute atomic E-state index is 0.0571. The molecule has 0 saturated carbocycles. The summed E-state index contributed by atoms with van der Waals surface area (Å²) in [6.07, 6.45) is 0.127. The first-order valence-corrected chi connectivity index (χ1v) is 6.73. The highest BCUT2D eigenvalue weighted by Gasteiger charge is 2.10. The molecule has 3 nitrogen and oxygen atoms in total. The number of nitrogens with one attached hydrogen (secondary N) is 1. The van der Waals surface area contributed by atoms with Gasteiger partial charge in [-0.15, -0.1) is 0 Å². The van der Waals surface area contributed by atoms with E-state index in [1.54, 1.807) is 0 Å². The van der Waals surface area contributed by atoms with Crippen molar-refractivity contribution in [3.8, 4) is 5.75 Å². The van der Waals surface area contributed by atoms with Crippen molar-refractivity contribution in [2.24, 2.45) is 0 Å². The zero-order valence-electron chi connectivity index (χ0n) is 11.9. The van der Waals surface area contributed by atoms with E-state index >= 15 is 0 Å². The van der Waals surface area contributed by atoms with Gasteiger partial charge < -0.3 is 10.1 Å². The third kappa shape index (κ3) is 4.70. The van der Waals surface area contributed by atoms with Crippen molar-refractivity contribution in [2.45, 2.75) is 13.0 Å². The molecule has 2 aromatic carbocycles. The average molecular weight is 327 g/mol. The maximum Gasteiger partial charge on any atom is 0.387 e. The summed E-state index contributed by atoms with van der Waals surface area (Å²) in [7, 11) is 0. The molecule has 122 valence electrons. The van der Waals surface area contributed by atoms with Gasteiger partial charge in [-0.2, -0.15) is 8.78 Å². The number of hydrogen-bond acceptors (Lipinski definition) is 2. The van der Waals surface area contributed by atoms with E-state index in [1.165, 1.54) is 36.4 Å². The first-order chi connectivity index (χ1) is 11.0. The maximum absolute atomic E-state index is 13.4. The highest BCUT2D eigenvalue weighted by atomic mass is 19.3. The van der Waals surface area contributed by atoms with Crippen molar-refractivity contribution in [1.82, 2.24) is 5.32 Å². The predicted molar refractivity (Wildman–Crippen MR) is 75.5 cm³/mol. The van der Waals surface area contributed by atoms with Crippen molar-refractivity contribution in [2.75, 3.05) is 6.54 Å². The molecule has 2 aromatic rings. The number of carbonyl (C=O) groups is 1. The summed E-state index contributed by atoms with van der Waals surface area (Å²) in [6.45, 7) is -2.83. The number of alkyl halides is 2. The molecule has 1 N–H and O–H groups in total. The maximum atomic E-state index is 13.4. The summed E-state index contributed by atoms with van der Waals surface area (Å²) in [6, 6.07) is 8.98. The first-order valence-electron chi connectivity index (χ1n) is 6.73. The number of ether oxygens (including phenoxy) is 1. The number of rotatable bonds is 6. The quantitative estimate of drug-likeness (QED) is 0.824. The van der Waals surface area contributed by atoms with Gasteiger partial charge in [0, 0.05) is 12.1 Å². The van der Waals surface area contributed by atoms with E-state index in [0.29, 0.717) is 0 Å². The lowest BCUT2D eigenvalue weighted by Gasteiger charge is -2.08. The Kier molecular flexibility index (Phi) is 5.56. The number of carbonyl (C=O) groups excluding carboxylic acids is 1. The van der Waals surface area contributed by atoms with Crippen molar-refractivity contribution in [3.63, 3.8) is 0 Å². The van der Waals surface area contributed by atoms with Gasteiger partial charge in [-0.1, -0.05) is 12.1 Å². The monoisotopic (exact) mass is 327 g/mol. The van der Waals surface area contributed by atoms with E-state index in [-0.39, 0.29) is 29.8 Å². The lowest BCUT2D eigenvalue weighted by atomic mass is 10.1. The van der Waals surface area contributed by atoms with Crippen LogP contribution in [-0.4, -0.2) is 19.1 Å². The van der Waals surface area contributed by atoms with Crippen LogP contribution >= 0.6 is 0 Å². The second kappa shape index (κ2) is 7.62. The van der Waals surface area contributed by atoms with Crippen molar-refractivity contribution in [1.29, 1.82) is 0 Å². The van der Waals surface area contributed by atoms with Crippen LogP contribution in [0.25, 0.3) is 0 Å². The molecule has 0 heterocycles. The van der Waals surface area contributed by atoms with Crippen LogP contribution < -0.4 is 10.1 Å². The zero-order chi connectivity index (χ0) is 16.8. The van der Waals surface area contributed by atoms with Gasteiger partial charge in [0.15, 0.2) is 11.6 Å². The van der Waals surface area contributed by atoms with Crippen molar-refractivity contribution < 1.29 is 27.1 Å². The second-order valence-corrected chi connectivity index (χ2v) is 4.62. The molecule has 0 unspecified atom stereocenters. The molecule has 1 amide bonds. The minimum Gasteiger partial charge on any atom is -0.435 e. The molecule has 0 aliphatic rings. The Morgan fingerprint density at radius 3 is 2.43 bits per heavy atom. The molecular formula is C16H13F4NO2. The Bertz CT molecular complexity index is 674. The molecule has 0 bridgehead atoms. The van der Waals surface area contributed by atoms with Crippen LogP contribution in [0.4, 0.5) is 17.6 Å². The van der Waals surface area contributed by atoms with E-state index in [4.69, 9.17) is 0 Å². The minimum atomic E-state index is -2.93. The third-order valence-corrected chi connectivity index (χ3v) is 3.05. The lowest BCUT2D eigenvalue weighted by Crippen LogP contribution is -2.25. The highest BCUT2D eigenvalue weighted by molar-refractivity contribution is 5.94. The summed E-state index contributed by atoms with van der Waals surface area (Å²) in [5.41, 5.74) is 0.400. The SMILES string of the molecule is O=C(NCCc1cccc(F)c1F)c1ccc(OC(F)F)cc1. The van der Waals surface area contributed by atoms with Crippen LogP contribution in [0.5, 0.6) is 5.75 Å².